The molecule has 0 fully saturated rings. The van der Waals surface area contributed by atoms with E-state index in [4.69, 9.17) is 5.11 Å². The molecule has 4 nitrogen and oxygen atoms in total. The summed E-state index contributed by atoms with van der Waals surface area (Å²) < 4.78 is 0.00467. The summed E-state index contributed by atoms with van der Waals surface area (Å²) >= 11 is 1.49. The Hall–Kier alpha value is -0.710. The normalized spacial score (nSPS) is 12.3. The number of carboxylic acid groups (broad SMARTS) is 1. The Morgan fingerprint density at radius 1 is 1.20 bits per heavy atom. The first-order chi connectivity index (χ1) is 6.54. The topological polar surface area (TPSA) is 66.4 Å². The highest BCUT2D eigenvalue weighted by atomic mass is 32.2. The highest BCUT2D eigenvalue weighted by Gasteiger charge is 2.29. The maximum Gasteiger partial charge on any atom is 0.328 e. The summed E-state index contributed by atoms with van der Waals surface area (Å²) in [5, 5.41) is 11.3. The van der Waals surface area contributed by atoms with E-state index < -0.39 is 11.5 Å². The number of hydrogen-bond donors (Lipinski definition) is 2. The molecular weight excluding hydrogens is 214 g/mol. The van der Waals surface area contributed by atoms with E-state index in [0.717, 1.165) is 0 Å². The van der Waals surface area contributed by atoms with Gasteiger partial charge in [0.2, 0.25) is 5.91 Å². The maximum atomic E-state index is 11.4. The third-order valence-corrected chi connectivity index (χ3v) is 2.90. The maximum absolute atomic E-state index is 11.4. The van der Waals surface area contributed by atoms with Crippen LogP contribution in [0, 0.1) is 0 Å². The van der Waals surface area contributed by atoms with Crippen LogP contribution in [0.5, 0.6) is 0 Å². The molecule has 0 atom stereocenters. The summed E-state index contributed by atoms with van der Waals surface area (Å²) in [6, 6.07) is 0. The Balaban J connectivity index is 4.11. The largest absolute Gasteiger partial charge is 0.480 e. The van der Waals surface area contributed by atoms with Crippen LogP contribution in [-0.4, -0.2) is 33.0 Å². The Bertz CT molecular complexity index is 256. The lowest BCUT2D eigenvalue weighted by atomic mass is 10.1. The SMILES string of the molecule is CC(C)(C)SCC(=O)NC(C)(C)C(=O)O. The Labute approximate surface area is 94.8 Å². The first-order valence-electron chi connectivity index (χ1n) is 4.73. The average Bonchev–Trinajstić information content (AvgIpc) is 1.98. The van der Waals surface area contributed by atoms with Crippen LogP contribution < -0.4 is 5.32 Å². The monoisotopic (exact) mass is 233 g/mol. The molecule has 88 valence electrons. The zero-order valence-electron chi connectivity index (χ0n) is 9.88. The van der Waals surface area contributed by atoms with Crippen molar-refractivity contribution in [3.05, 3.63) is 0 Å². The first-order valence-corrected chi connectivity index (χ1v) is 5.71. The van der Waals surface area contributed by atoms with Gasteiger partial charge in [-0.25, -0.2) is 4.79 Å². The number of aliphatic carboxylic acids is 1. The van der Waals surface area contributed by atoms with Gasteiger partial charge in [-0.3, -0.25) is 4.79 Å². The molecule has 0 unspecified atom stereocenters. The van der Waals surface area contributed by atoms with E-state index in [-0.39, 0.29) is 16.4 Å². The standard InChI is InChI=1S/C10H19NO3S/c1-9(2,3)15-6-7(12)11-10(4,5)8(13)14/h6H2,1-5H3,(H,11,12)(H,13,14). The predicted octanol–water partition coefficient (Wildman–Crippen LogP) is 1.50. The summed E-state index contributed by atoms with van der Waals surface area (Å²) in [5.41, 5.74) is -1.20. The van der Waals surface area contributed by atoms with Gasteiger partial charge in [0.1, 0.15) is 5.54 Å². The lowest BCUT2D eigenvalue weighted by Crippen LogP contribution is -2.50. The van der Waals surface area contributed by atoms with Gasteiger partial charge in [-0.1, -0.05) is 20.8 Å². The molecule has 0 spiro atoms. The average molecular weight is 233 g/mol. The quantitative estimate of drug-likeness (QED) is 0.772. The van der Waals surface area contributed by atoms with Gasteiger partial charge in [0, 0.05) is 4.75 Å². The highest BCUT2D eigenvalue weighted by molar-refractivity contribution is 8.01. The Morgan fingerprint density at radius 3 is 2.00 bits per heavy atom. The Morgan fingerprint density at radius 2 is 1.67 bits per heavy atom. The lowest BCUT2D eigenvalue weighted by molar-refractivity contribution is -0.145. The van der Waals surface area contributed by atoms with E-state index in [1.54, 1.807) is 0 Å². The fraction of sp³-hybridized carbons (Fsp3) is 0.800. The molecular formula is C10H19NO3S. The summed E-state index contributed by atoms with van der Waals surface area (Å²) in [7, 11) is 0. The number of carboxylic acids is 1. The number of nitrogens with one attached hydrogen (secondary N) is 1. The number of carbonyl (C=O) groups is 2. The van der Waals surface area contributed by atoms with Crippen molar-refractivity contribution in [2.45, 2.75) is 44.9 Å². The van der Waals surface area contributed by atoms with E-state index in [1.165, 1.54) is 25.6 Å². The number of carbonyl (C=O) groups excluding carboxylic acids is 1. The molecule has 0 saturated carbocycles. The fourth-order valence-corrected chi connectivity index (χ4v) is 1.36. The Kier molecular flexibility index (Phi) is 4.65. The highest BCUT2D eigenvalue weighted by Crippen LogP contribution is 2.22. The second kappa shape index (κ2) is 4.88. The number of rotatable bonds is 4. The van der Waals surface area contributed by atoms with Crippen LogP contribution in [0.15, 0.2) is 0 Å². The second-order valence-corrected chi connectivity index (χ2v) is 6.68. The zero-order chi connectivity index (χ0) is 12.3. The molecule has 0 aromatic rings. The van der Waals surface area contributed by atoms with Crippen LogP contribution in [0.4, 0.5) is 0 Å². The minimum Gasteiger partial charge on any atom is -0.480 e. The molecule has 0 aromatic carbocycles. The number of thioether (sulfide) groups is 1. The van der Waals surface area contributed by atoms with Crippen molar-refractivity contribution in [3.63, 3.8) is 0 Å². The predicted molar refractivity (Wildman–Crippen MR) is 62.1 cm³/mol. The van der Waals surface area contributed by atoms with Gasteiger partial charge in [-0.15, -0.1) is 11.8 Å². The van der Waals surface area contributed by atoms with E-state index >= 15 is 0 Å². The van der Waals surface area contributed by atoms with Crippen molar-refractivity contribution in [2.24, 2.45) is 0 Å². The molecule has 0 radical (unpaired) electrons. The molecule has 0 aliphatic carbocycles. The summed E-state index contributed by atoms with van der Waals surface area (Å²) in [6.07, 6.45) is 0. The zero-order valence-corrected chi connectivity index (χ0v) is 10.7. The summed E-state index contributed by atoms with van der Waals surface area (Å²) in [4.78, 5) is 22.2. The van der Waals surface area contributed by atoms with Gasteiger partial charge in [-0.2, -0.15) is 0 Å². The van der Waals surface area contributed by atoms with Crippen LogP contribution in [0.1, 0.15) is 34.6 Å². The van der Waals surface area contributed by atoms with Crippen LogP contribution in [-0.2, 0) is 9.59 Å². The molecule has 0 bridgehead atoms. The molecule has 2 N–H and O–H groups in total. The molecule has 5 heteroatoms. The van der Waals surface area contributed by atoms with Gasteiger partial charge in [0.05, 0.1) is 5.75 Å². The van der Waals surface area contributed by atoms with Gasteiger partial charge in [0.25, 0.3) is 0 Å². The van der Waals surface area contributed by atoms with Crippen LogP contribution in [0.25, 0.3) is 0 Å². The van der Waals surface area contributed by atoms with Crippen molar-refractivity contribution in [1.29, 1.82) is 0 Å². The molecule has 0 aliphatic heterocycles. The smallest absolute Gasteiger partial charge is 0.328 e. The fourth-order valence-electron chi connectivity index (χ4n) is 0.720. The van der Waals surface area contributed by atoms with Gasteiger partial charge in [-0.05, 0) is 13.8 Å². The van der Waals surface area contributed by atoms with Crippen LogP contribution >= 0.6 is 11.8 Å². The van der Waals surface area contributed by atoms with Gasteiger partial charge in [0.15, 0.2) is 0 Å². The van der Waals surface area contributed by atoms with E-state index in [1.807, 2.05) is 20.8 Å². The molecule has 0 saturated heterocycles. The molecule has 0 heterocycles. The van der Waals surface area contributed by atoms with Gasteiger partial charge >= 0.3 is 5.97 Å². The van der Waals surface area contributed by atoms with Crippen molar-refractivity contribution < 1.29 is 14.7 Å². The molecule has 0 rings (SSSR count). The molecule has 1 amide bonds. The van der Waals surface area contributed by atoms with Crippen molar-refractivity contribution >= 4 is 23.6 Å². The van der Waals surface area contributed by atoms with Crippen molar-refractivity contribution in [2.75, 3.05) is 5.75 Å². The van der Waals surface area contributed by atoms with E-state index in [2.05, 4.69) is 5.32 Å². The van der Waals surface area contributed by atoms with Crippen LogP contribution in [0.3, 0.4) is 0 Å². The third kappa shape index (κ3) is 6.38. The second-order valence-electron chi connectivity index (χ2n) is 4.88. The van der Waals surface area contributed by atoms with E-state index in [0.29, 0.717) is 0 Å². The molecule has 15 heavy (non-hydrogen) atoms. The summed E-state index contributed by atoms with van der Waals surface area (Å²) in [6.45, 7) is 8.96. The number of hydrogen-bond acceptors (Lipinski definition) is 3. The van der Waals surface area contributed by atoms with Gasteiger partial charge < -0.3 is 10.4 Å². The van der Waals surface area contributed by atoms with Crippen LogP contribution in [0.2, 0.25) is 0 Å². The minimum absolute atomic E-state index is 0.00467. The van der Waals surface area contributed by atoms with Crippen molar-refractivity contribution in [3.8, 4) is 0 Å². The number of amides is 1. The third-order valence-electron chi connectivity index (χ3n) is 1.62. The lowest BCUT2D eigenvalue weighted by Gasteiger charge is -2.22. The summed E-state index contributed by atoms with van der Waals surface area (Å²) in [5.74, 6) is -1.00. The first kappa shape index (κ1) is 14.3. The van der Waals surface area contributed by atoms with E-state index in [9.17, 15) is 9.59 Å². The molecule has 0 aliphatic rings. The van der Waals surface area contributed by atoms with Crippen molar-refractivity contribution in [1.82, 2.24) is 5.32 Å². The molecule has 0 aromatic heterocycles. The minimum atomic E-state index is -1.20.